The van der Waals surface area contributed by atoms with Gasteiger partial charge in [-0.15, -0.1) is 0 Å². The fourth-order valence-corrected chi connectivity index (χ4v) is 0.945. The molecule has 1 fully saturated rings. The first-order chi connectivity index (χ1) is 4.20. The fraction of sp³-hybridized carbons (Fsp3) is 0.857. The molecule has 0 aromatic heterocycles. The first-order valence-electron chi connectivity index (χ1n) is 3.34. The second kappa shape index (κ2) is 2.48. The van der Waals surface area contributed by atoms with E-state index in [1.807, 2.05) is 13.8 Å². The lowest BCUT2D eigenvalue weighted by atomic mass is 10.00. The maximum atomic E-state index is 10.9. The highest BCUT2D eigenvalue weighted by molar-refractivity contribution is 5.81. The Morgan fingerprint density at radius 3 is 2.67 bits per heavy atom. The Morgan fingerprint density at radius 1 is 1.56 bits per heavy atom. The van der Waals surface area contributed by atoms with Crippen LogP contribution in [0.4, 0.5) is 0 Å². The average molecular weight is 128 g/mol. The summed E-state index contributed by atoms with van der Waals surface area (Å²) in [5, 5.41) is 0. The van der Waals surface area contributed by atoms with Gasteiger partial charge in [0.25, 0.3) is 0 Å². The van der Waals surface area contributed by atoms with Crippen molar-refractivity contribution >= 4 is 5.78 Å². The van der Waals surface area contributed by atoms with E-state index < -0.39 is 0 Å². The number of ether oxygens (including phenoxy) is 1. The van der Waals surface area contributed by atoms with Crippen molar-refractivity contribution in [3.63, 3.8) is 0 Å². The summed E-state index contributed by atoms with van der Waals surface area (Å²) in [6, 6.07) is 0. The van der Waals surface area contributed by atoms with E-state index >= 15 is 0 Å². The summed E-state index contributed by atoms with van der Waals surface area (Å²) in [6.07, 6.45) is 0.745. The number of Topliss-reactive ketones (excluding diaryl/α,β-unsaturated/α-hetero) is 1. The Morgan fingerprint density at radius 2 is 2.22 bits per heavy atom. The van der Waals surface area contributed by atoms with Gasteiger partial charge in [0, 0.05) is 12.3 Å². The lowest BCUT2D eigenvalue weighted by molar-refractivity contribution is -0.133. The minimum atomic E-state index is 0.126. The zero-order valence-corrected chi connectivity index (χ0v) is 5.89. The highest BCUT2D eigenvalue weighted by Gasteiger charge is 2.22. The number of ketones is 1. The highest BCUT2D eigenvalue weighted by Crippen LogP contribution is 2.13. The molecule has 0 aliphatic carbocycles. The van der Waals surface area contributed by atoms with E-state index in [0.717, 1.165) is 0 Å². The minimum absolute atomic E-state index is 0.126. The first-order valence-corrected chi connectivity index (χ1v) is 3.34. The molecule has 0 bridgehead atoms. The third-order valence-corrected chi connectivity index (χ3v) is 1.67. The van der Waals surface area contributed by atoms with Crippen molar-refractivity contribution in [2.24, 2.45) is 5.92 Å². The molecule has 0 amide bonds. The van der Waals surface area contributed by atoms with Crippen molar-refractivity contribution in [2.45, 2.75) is 26.4 Å². The number of carbonyl (C=O) groups excluding carboxylic acids is 1. The van der Waals surface area contributed by atoms with Gasteiger partial charge in [0.2, 0.25) is 0 Å². The average Bonchev–Trinajstić information content (AvgIpc) is 1.80. The van der Waals surface area contributed by atoms with Crippen molar-refractivity contribution in [2.75, 3.05) is 6.61 Å². The van der Waals surface area contributed by atoms with Gasteiger partial charge in [0.15, 0.2) is 0 Å². The lowest BCUT2D eigenvalue weighted by Crippen LogP contribution is -2.30. The van der Waals surface area contributed by atoms with E-state index in [9.17, 15) is 4.79 Å². The summed E-state index contributed by atoms with van der Waals surface area (Å²) in [6.45, 7) is 4.46. The molecule has 2 nitrogen and oxygen atoms in total. The Labute approximate surface area is 55.2 Å². The van der Waals surface area contributed by atoms with Gasteiger partial charge >= 0.3 is 0 Å². The maximum absolute atomic E-state index is 10.9. The molecule has 0 spiro atoms. The van der Waals surface area contributed by atoms with Crippen molar-refractivity contribution in [3.8, 4) is 0 Å². The molecule has 1 aliphatic rings. The molecule has 0 unspecified atom stereocenters. The molecule has 2 atom stereocenters. The Hall–Kier alpha value is -0.370. The number of rotatable bonds is 0. The van der Waals surface area contributed by atoms with Crippen LogP contribution in [0, 0.1) is 5.92 Å². The van der Waals surface area contributed by atoms with E-state index in [0.29, 0.717) is 18.8 Å². The fourth-order valence-electron chi connectivity index (χ4n) is 0.945. The molecule has 1 heterocycles. The summed E-state index contributed by atoms with van der Waals surface area (Å²) >= 11 is 0. The topological polar surface area (TPSA) is 26.3 Å². The van der Waals surface area contributed by atoms with Gasteiger partial charge in [-0.2, -0.15) is 0 Å². The van der Waals surface area contributed by atoms with E-state index in [-0.39, 0.29) is 12.0 Å². The first kappa shape index (κ1) is 6.75. The Balaban J connectivity index is 2.44. The van der Waals surface area contributed by atoms with Gasteiger partial charge < -0.3 is 4.74 Å². The van der Waals surface area contributed by atoms with Crippen LogP contribution in [0.15, 0.2) is 0 Å². The Bertz CT molecular complexity index is 120. The molecule has 9 heavy (non-hydrogen) atoms. The van der Waals surface area contributed by atoms with E-state index in [4.69, 9.17) is 4.74 Å². The summed E-state index contributed by atoms with van der Waals surface area (Å²) in [5.41, 5.74) is 0. The van der Waals surface area contributed by atoms with Crippen molar-refractivity contribution in [3.05, 3.63) is 0 Å². The van der Waals surface area contributed by atoms with Crippen LogP contribution in [0.2, 0.25) is 0 Å². The van der Waals surface area contributed by atoms with E-state index in [1.54, 1.807) is 0 Å². The summed E-state index contributed by atoms with van der Waals surface area (Å²) in [5.74, 6) is 0.468. The third kappa shape index (κ3) is 1.52. The van der Waals surface area contributed by atoms with Crippen LogP contribution in [0.3, 0.4) is 0 Å². The molecule has 0 aromatic rings. The van der Waals surface area contributed by atoms with Crippen LogP contribution < -0.4 is 0 Å². The number of carbonyl (C=O) groups is 1. The van der Waals surface area contributed by atoms with Crippen LogP contribution >= 0.6 is 0 Å². The second-order valence-electron chi connectivity index (χ2n) is 2.72. The highest BCUT2D eigenvalue weighted by atomic mass is 16.5. The predicted octanol–water partition coefficient (Wildman–Crippen LogP) is 1.00. The van der Waals surface area contributed by atoms with Gasteiger partial charge in [-0.25, -0.2) is 0 Å². The summed E-state index contributed by atoms with van der Waals surface area (Å²) in [4.78, 5) is 10.9. The molecule has 0 saturated carbocycles. The Kier molecular flexibility index (Phi) is 1.86. The van der Waals surface area contributed by atoms with Crippen LogP contribution in [0.1, 0.15) is 20.3 Å². The molecule has 2 heteroatoms. The molecular formula is C7H12O2. The van der Waals surface area contributed by atoms with Crippen LogP contribution in [0.5, 0.6) is 0 Å². The molecule has 1 rings (SSSR count). The van der Waals surface area contributed by atoms with Crippen molar-refractivity contribution in [1.29, 1.82) is 0 Å². The quantitative estimate of drug-likeness (QED) is 0.486. The summed E-state index contributed by atoms with van der Waals surface area (Å²) < 4.78 is 5.24. The zero-order chi connectivity index (χ0) is 6.85. The molecule has 0 aromatic carbocycles. The molecule has 52 valence electrons. The summed E-state index contributed by atoms with van der Waals surface area (Å²) in [7, 11) is 0. The van der Waals surface area contributed by atoms with Crippen molar-refractivity contribution < 1.29 is 9.53 Å². The minimum Gasteiger partial charge on any atom is -0.377 e. The van der Waals surface area contributed by atoms with E-state index in [1.165, 1.54) is 0 Å². The maximum Gasteiger partial charge on any atom is 0.140 e. The van der Waals surface area contributed by atoms with Crippen molar-refractivity contribution in [1.82, 2.24) is 0 Å². The standard InChI is InChI=1S/C7H12O2/c1-5-4-9-6(2)3-7(5)8/h5-6H,3-4H2,1-2H3/t5-,6-/m0/s1. The van der Waals surface area contributed by atoms with Gasteiger partial charge in [-0.1, -0.05) is 6.92 Å². The number of hydrogen-bond donors (Lipinski definition) is 0. The van der Waals surface area contributed by atoms with Gasteiger partial charge in [-0.3, -0.25) is 4.79 Å². The number of hydrogen-bond acceptors (Lipinski definition) is 2. The van der Waals surface area contributed by atoms with Gasteiger partial charge in [0.05, 0.1) is 12.7 Å². The molecular weight excluding hydrogens is 116 g/mol. The molecule has 1 saturated heterocycles. The third-order valence-electron chi connectivity index (χ3n) is 1.67. The second-order valence-corrected chi connectivity index (χ2v) is 2.72. The van der Waals surface area contributed by atoms with Gasteiger partial charge in [0.1, 0.15) is 5.78 Å². The smallest absolute Gasteiger partial charge is 0.140 e. The van der Waals surface area contributed by atoms with E-state index in [2.05, 4.69) is 0 Å². The molecule has 0 radical (unpaired) electrons. The normalized spacial score (nSPS) is 36.9. The SMILES string of the molecule is C[C@H]1CC(=O)[C@@H](C)CO1. The van der Waals surface area contributed by atoms with Crippen LogP contribution in [-0.2, 0) is 9.53 Å². The largest absolute Gasteiger partial charge is 0.377 e. The lowest BCUT2D eigenvalue weighted by Gasteiger charge is -2.22. The van der Waals surface area contributed by atoms with Gasteiger partial charge in [-0.05, 0) is 6.92 Å². The van der Waals surface area contributed by atoms with Crippen LogP contribution in [0.25, 0.3) is 0 Å². The monoisotopic (exact) mass is 128 g/mol. The predicted molar refractivity (Wildman–Crippen MR) is 34.2 cm³/mol. The zero-order valence-electron chi connectivity index (χ0n) is 5.89. The molecule has 1 aliphatic heterocycles. The van der Waals surface area contributed by atoms with Crippen LogP contribution in [-0.4, -0.2) is 18.5 Å². The molecule has 0 N–H and O–H groups in total.